The summed E-state index contributed by atoms with van der Waals surface area (Å²) in [7, 11) is 0. The molecule has 2 aromatic rings. The van der Waals surface area contributed by atoms with Gasteiger partial charge in [0.25, 0.3) is 0 Å². The molecular formula is C17H21ClN6OS. The van der Waals surface area contributed by atoms with Gasteiger partial charge in [-0.1, -0.05) is 23.4 Å². The van der Waals surface area contributed by atoms with E-state index < -0.39 is 0 Å². The normalized spacial score (nSPS) is 22.1. The summed E-state index contributed by atoms with van der Waals surface area (Å²) in [6, 6.07) is 1.96. The van der Waals surface area contributed by atoms with Crippen molar-refractivity contribution in [3.63, 3.8) is 0 Å². The van der Waals surface area contributed by atoms with Gasteiger partial charge >= 0.3 is 0 Å². The average molecular weight is 393 g/mol. The molecule has 138 valence electrons. The van der Waals surface area contributed by atoms with Crippen molar-refractivity contribution in [2.24, 2.45) is 11.1 Å². The van der Waals surface area contributed by atoms with Crippen molar-refractivity contribution in [3.05, 3.63) is 29.7 Å². The fraction of sp³-hybridized carbons (Fsp3) is 0.471. The van der Waals surface area contributed by atoms with Gasteiger partial charge in [-0.15, -0.1) is 0 Å². The summed E-state index contributed by atoms with van der Waals surface area (Å²) in [5.41, 5.74) is 12.1. The molecule has 0 amide bonds. The second-order valence-electron chi connectivity index (χ2n) is 6.79. The van der Waals surface area contributed by atoms with Gasteiger partial charge in [0.1, 0.15) is 16.7 Å². The van der Waals surface area contributed by atoms with Crippen LogP contribution in [0.5, 0.6) is 0 Å². The minimum Gasteiger partial charge on any atom is -0.382 e. The molecule has 0 aliphatic carbocycles. The highest BCUT2D eigenvalue weighted by molar-refractivity contribution is 7.99. The number of rotatable bonds is 3. The molecule has 4 rings (SSSR count). The Bertz CT molecular complexity index is 781. The molecule has 4 N–H and O–H groups in total. The van der Waals surface area contributed by atoms with Crippen LogP contribution in [0, 0.1) is 5.41 Å². The zero-order valence-corrected chi connectivity index (χ0v) is 15.8. The second kappa shape index (κ2) is 7.19. The van der Waals surface area contributed by atoms with Gasteiger partial charge in [-0.2, -0.15) is 0 Å². The number of piperidine rings is 1. The maximum Gasteiger partial charge on any atom is 0.147 e. The highest BCUT2D eigenvalue weighted by Gasteiger charge is 2.44. The van der Waals surface area contributed by atoms with Crippen LogP contribution in [0.15, 0.2) is 34.6 Å². The van der Waals surface area contributed by atoms with Crippen molar-refractivity contribution in [1.29, 1.82) is 0 Å². The van der Waals surface area contributed by atoms with Crippen molar-refractivity contribution >= 4 is 35.0 Å². The zero-order chi connectivity index (χ0) is 18.1. The van der Waals surface area contributed by atoms with E-state index in [0.717, 1.165) is 48.3 Å². The number of aromatic nitrogens is 3. The van der Waals surface area contributed by atoms with Gasteiger partial charge in [0.15, 0.2) is 0 Å². The minimum absolute atomic E-state index is 0.137. The van der Waals surface area contributed by atoms with Crippen molar-refractivity contribution in [2.45, 2.75) is 28.8 Å². The van der Waals surface area contributed by atoms with Gasteiger partial charge < -0.3 is 21.1 Å². The van der Waals surface area contributed by atoms with Crippen LogP contribution in [0.4, 0.5) is 11.6 Å². The molecule has 2 fully saturated rings. The molecular weight excluding hydrogens is 372 g/mol. The Morgan fingerprint density at radius 3 is 2.69 bits per heavy atom. The van der Waals surface area contributed by atoms with E-state index in [4.69, 9.17) is 27.8 Å². The van der Waals surface area contributed by atoms with E-state index in [-0.39, 0.29) is 11.5 Å². The zero-order valence-electron chi connectivity index (χ0n) is 14.3. The highest BCUT2D eigenvalue weighted by atomic mass is 35.5. The largest absolute Gasteiger partial charge is 0.382 e. The van der Waals surface area contributed by atoms with Gasteiger partial charge in [0.2, 0.25) is 0 Å². The summed E-state index contributed by atoms with van der Waals surface area (Å²) < 4.78 is 5.58. The van der Waals surface area contributed by atoms with Crippen molar-refractivity contribution in [3.8, 4) is 0 Å². The first-order chi connectivity index (χ1) is 12.6. The first-order valence-corrected chi connectivity index (χ1v) is 9.75. The fourth-order valence-corrected chi connectivity index (χ4v) is 4.51. The number of halogens is 1. The molecule has 0 aromatic carbocycles. The number of anilines is 2. The summed E-state index contributed by atoms with van der Waals surface area (Å²) in [5, 5.41) is 1.21. The number of nitrogens with zero attached hydrogens (tertiary/aromatic N) is 4. The molecule has 1 spiro atoms. The van der Waals surface area contributed by atoms with Crippen molar-refractivity contribution in [1.82, 2.24) is 15.0 Å². The first-order valence-electron chi connectivity index (χ1n) is 8.56. The van der Waals surface area contributed by atoms with Crippen LogP contribution >= 0.6 is 23.4 Å². The van der Waals surface area contributed by atoms with E-state index >= 15 is 0 Å². The summed E-state index contributed by atoms with van der Waals surface area (Å²) >= 11 is 7.60. The molecule has 2 aliphatic rings. The number of pyridine rings is 1. The monoisotopic (exact) mass is 392 g/mol. The van der Waals surface area contributed by atoms with E-state index in [0.29, 0.717) is 17.4 Å². The van der Waals surface area contributed by atoms with Gasteiger partial charge in [-0.25, -0.2) is 15.0 Å². The molecule has 2 aliphatic heterocycles. The van der Waals surface area contributed by atoms with E-state index in [9.17, 15) is 0 Å². The van der Waals surface area contributed by atoms with E-state index in [1.807, 2.05) is 12.3 Å². The van der Waals surface area contributed by atoms with Gasteiger partial charge in [0.05, 0.1) is 30.6 Å². The van der Waals surface area contributed by atoms with Crippen LogP contribution in [-0.2, 0) is 4.74 Å². The molecule has 0 saturated carbocycles. The summed E-state index contributed by atoms with van der Waals surface area (Å²) in [6.45, 7) is 3.29. The lowest BCUT2D eigenvalue weighted by atomic mass is 9.75. The van der Waals surface area contributed by atoms with Crippen LogP contribution in [0.2, 0.25) is 5.02 Å². The molecule has 0 bridgehead atoms. The first kappa shape index (κ1) is 17.8. The standard InChI is InChI=1S/C17H21ClN6OS/c18-15-11(1-4-21-16(15)20)26-14-8-22-13(7-23-14)24-5-2-17(3-6-24)10-25-9-12(17)19/h1,4,7-8,12H,2-3,5-6,9-10,19H2,(H2,20,21)/t12-/m1/s1. The van der Waals surface area contributed by atoms with Gasteiger partial charge in [-0.3, -0.25) is 0 Å². The van der Waals surface area contributed by atoms with Crippen molar-refractivity contribution in [2.75, 3.05) is 36.9 Å². The number of hydrogen-bond acceptors (Lipinski definition) is 8. The summed E-state index contributed by atoms with van der Waals surface area (Å²) in [6.07, 6.45) is 7.26. The average Bonchev–Trinajstić information content (AvgIpc) is 3.00. The Kier molecular flexibility index (Phi) is 4.92. The summed E-state index contributed by atoms with van der Waals surface area (Å²) in [4.78, 5) is 16.1. The predicted octanol–water partition coefficient (Wildman–Crippen LogP) is 2.20. The van der Waals surface area contributed by atoms with E-state index in [1.165, 1.54) is 11.8 Å². The number of ether oxygens (including phenoxy) is 1. The third-order valence-electron chi connectivity index (χ3n) is 5.27. The Labute approximate surface area is 161 Å². The second-order valence-corrected chi connectivity index (χ2v) is 8.23. The number of nitrogen functional groups attached to an aromatic ring is 1. The van der Waals surface area contributed by atoms with Crippen LogP contribution in [0.25, 0.3) is 0 Å². The Morgan fingerprint density at radius 2 is 2.04 bits per heavy atom. The van der Waals surface area contributed by atoms with Crippen LogP contribution in [0.1, 0.15) is 12.8 Å². The van der Waals surface area contributed by atoms with Gasteiger partial charge in [-0.05, 0) is 18.9 Å². The maximum absolute atomic E-state index is 6.25. The SMILES string of the molecule is Nc1nccc(Sc2cnc(N3CCC4(CC3)COC[C@H]4N)cn2)c1Cl. The topological polar surface area (TPSA) is 103 Å². The highest BCUT2D eigenvalue weighted by Crippen LogP contribution is 2.39. The Hall–Kier alpha value is -1.61. The minimum atomic E-state index is 0.137. The number of hydrogen-bond donors (Lipinski definition) is 2. The van der Waals surface area contributed by atoms with Crippen LogP contribution < -0.4 is 16.4 Å². The Morgan fingerprint density at radius 1 is 1.23 bits per heavy atom. The third-order valence-corrected chi connectivity index (χ3v) is 6.76. The molecule has 9 heteroatoms. The molecule has 2 saturated heterocycles. The smallest absolute Gasteiger partial charge is 0.147 e. The molecule has 0 radical (unpaired) electrons. The predicted molar refractivity (Wildman–Crippen MR) is 102 cm³/mol. The lowest BCUT2D eigenvalue weighted by molar-refractivity contribution is 0.131. The van der Waals surface area contributed by atoms with Crippen LogP contribution in [-0.4, -0.2) is 47.3 Å². The molecule has 1 atom stereocenters. The lowest BCUT2D eigenvalue weighted by Crippen LogP contribution is -2.49. The molecule has 7 nitrogen and oxygen atoms in total. The fourth-order valence-electron chi connectivity index (χ4n) is 3.53. The van der Waals surface area contributed by atoms with E-state index in [2.05, 4.69) is 19.9 Å². The van der Waals surface area contributed by atoms with Gasteiger partial charge in [0, 0.05) is 35.6 Å². The quantitative estimate of drug-likeness (QED) is 0.819. The third kappa shape index (κ3) is 3.34. The van der Waals surface area contributed by atoms with Crippen molar-refractivity contribution < 1.29 is 4.74 Å². The Balaban J connectivity index is 1.41. The molecule has 0 unspecified atom stereocenters. The van der Waals surface area contributed by atoms with Crippen LogP contribution in [0.3, 0.4) is 0 Å². The summed E-state index contributed by atoms with van der Waals surface area (Å²) in [5.74, 6) is 1.20. The van der Waals surface area contributed by atoms with E-state index in [1.54, 1.807) is 12.4 Å². The molecule has 2 aromatic heterocycles. The lowest BCUT2D eigenvalue weighted by Gasteiger charge is -2.41. The number of nitrogens with two attached hydrogens (primary N) is 2. The molecule has 4 heterocycles. The maximum atomic E-state index is 6.25. The molecule has 26 heavy (non-hydrogen) atoms.